The molecule has 2 aromatic heterocycles. The number of hydrogen-bond acceptors (Lipinski definition) is 4. The highest BCUT2D eigenvalue weighted by Gasteiger charge is 2.19. The molecule has 4 aromatic rings. The van der Waals surface area contributed by atoms with Crippen molar-refractivity contribution in [2.75, 3.05) is 13.1 Å². The summed E-state index contributed by atoms with van der Waals surface area (Å²) in [4.78, 5) is 15.9. The number of aromatic amines is 2. The number of nitrogens with zero attached hydrogens (tertiary/aromatic N) is 2. The molecule has 2 unspecified atom stereocenters. The van der Waals surface area contributed by atoms with Crippen molar-refractivity contribution < 1.29 is 0 Å². The summed E-state index contributed by atoms with van der Waals surface area (Å²) in [6.45, 7) is 2.13. The first-order chi connectivity index (χ1) is 16.8. The van der Waals surface area contributed by atoms with E-state index < -0.39 is 0 Å². The Morgan fingerprint density at radius 3 is 1.88 bits per heavy atom. The van der Waals surface area contributed by atoms with Gasteiger partial charge in [0.25, 0.3) is 0 Å². The second-order valence-electron chi connectivity index (χ2n) is 9.07. The van der Waals surface area contributed by atoms with Crippen LogP contribution in [-0.4, -0.2) is 33.0 Å². The van der Waals surface area contributed by atoms with Gasteiger partial charge in [0.2, 0.25) is 0 Å². The van der Waals surface area contributed by atoms with Gasteiger partial charge in [0, 0.05) is 5.56 Å². The summed E-state index contributed by atoms with van der Waals surface area (Å²) in [7, 11) is 0. The summed E-state index contributed by atoms with van der Waals surface area (Å²) in [6.07, 6.45) is 8.44. The fourth-order valence-electron chi connectivity index (χ4n) is 4.80. The zero-order valence-electron chi connectivity index (χ0n) is 19.1. The maximum atomic E-state index is 4.59. The van der Waals surface area contributed by atoms with Crippen molar-refractivity contribution in [3.05, 3.63) is 83.8 Å². The molecule has 0 bridgehead atoms. The molecule has 170 valence electrons. The van der Waals surface area contributed by atoms with Crippen molar-refractivity contribution in [3.63, 3.8) is 0 Å². The van der Waals surface area contributed by atoms with Crippen molar-refractivity contribution in [2.45, 2.75) is 37.8 Å². The van der Waals surface area contributed by atoms with Crippen LogP contribution in [0.4, 0.5) is 0 Å². The Kier molecular flexibility index (Phi) is 5.72. The monoisotopic (exact) mass is 448 g/mol. The van der Waals surface area contributed by atoms with Crippen LogP contribution in [0.5, 0.6) is 0 Å². The molecular weight excluding hydrogens is 420 g/mol. The van der Waals surface area contributed by atoms with E-state index in [0.29, 0.717) is 12.1 Å². The van der Waals surface area contributed by atoms with Crippen LogP contribution in [0.2, 0.25) is 0 Å². The van der Waals surface area contributed by atoms with Gasteiger partial charge in [-0.1, -0.05) is 42.3 Å². The van der Waals surface area contributed by atoms with Gasteiger partial charge < -0.3 is 20.6 Å². The summed E-state index contributed by atoms with van der Waals surface area (Å²) >= 11 is 0. The van der Waals surface area contributed by atoms with E-state index in [4.69, 9.17) is 0 Å². The van der Waals surface area contributed by atoms with Gasteiger partial charge in [-0.15, -0.1) is 0 Å². The van der Waals surface area contributed by atoms with E-state index in [2.05, 4.69) is 90.9 Å². The molecule has 4 heterocycles. The number of imidazole rings is 2. The Bertz CT molecular complexity index is 1310. The topological polar surface area (TPSA) is 81.4 Å². The molecule has 2 aromatic carbocycles. The standard InChI is InChI=1S/C28H28N6/c1-3-24(29-15-1)27-31-17-23(33-27)14-7-19-5-8-20(9-6-19)21-10-12-22(13-11-21)26-18-32-28(34-26)25-4-2-16-30-25/h5-6,8-13,17-18,24-25,29-30H,1-4,15-16H2,(H,31,33)(H,32,34). The smallest absolute Gasteiger partial charge is 0.124 e. The number of aromatic nitrogens is 4. The van der Waals surface area contributed by atoms with E-state index in [1.807, 2.05) is 12.4 Å². The number of H-pyrrole nitrogens is 2. The van der Waals surface area contributed by atoms with Crippen molar-refractivity contribution in [2.24, 2.45) is 0 Å². The Morgan fingerprint density at radius 2 is 1.24 bits per heavy atom. The molecule has 2 aliphatic rings. The maximum Gasteiger partial charge on any atom is 0.124 e. The first-order valence-electron chi connectivity index (χ1n) is 12.1. The van der Waals surface area contributed by atoms with Crippen LogP contribution in [0, 0.1) is 11.8 Å². The Labute approximate surface area is 199 Å². The quantitative estimate of drug-likeness (QED) is 0.341. The van der Waals surface area contributed by atoms with Crippen LogP contribution in [0.1, 0.15) is 60.7 Å². The molecule has 6 rings (SSSR count). The zero-order valence-corrected chi connectivity index (χ0v) is 19.1. The molecule has 0 radical (unpaired) electrons. The summed E-state index contributed by atoms with van der Waals surface area (Å²) in [5.74, 6) is 8.47. The van der Waals surface area contributed by atoms with Gasteiger partial charge in [-0.25, -0.2) is 9.97 Å². The van der Waals surface area contributed by atoms with Crippen molar-refractivity contribution >= 4 is 0 Å². The molecule has 2 atom stereocenters. The Hall–Kier alpha value is -3.66. The lowest BCUT2D eigenvalue weighted by molar-refractivity contribution is 0.612. The van der Waals surface area contributed by atoms with Crippen LogP contribution in [0.3, 0.4) is 0 Å². The maximum absolute atomic E-state index is 4.59. The fourth-order valence-corrected chi connectivity index (χ4v) is 4.80. The van der Waals surface area contributed by atoms with Gasteiger partial charge in [-0.3, -0.25) is 0 Å². The van der Waals surface area contributed by atoms with E-state index in [9.17, 15) is 0 Å². The van der Waals surface area contributed by atoms with Crippen LogP contribution in [-0.2, 0) is 0 Å². The fraction of sp³-hybridized carbons (Fsp3) is 0.286. The first-order valence-corrected chi connectivity index (χ1v) is 12.1. The van der Waals surface area contributed by atoms with Crippen molar-refractivity contribution in [1.82, 2.24) is 30.6 Å². The second-order valence-corrected chi connectivity index (χ2v) is 9.07. The lowest BCUT2D eigenvalue weighted by atomic mass is 10.0. The minimum atomic E-state index is 0.334. The van der Waals surface area contributed by atoms with Gasteiger partial charge in [-0.05, 0) is 73.5 Å². The van der Waals surface area contributed by atoms with Crippen molar-refractivity contribution in [1.29, 1.82) is 0 Å². The Balaban J connectivity index is 1.12. The molecular formula is C28H28N6. The van der Waals surface area contributed by atoms with Crippen LogP contribution >= 0.6 is 0 Å². The van der Waals surface area contributed by atoms with E-state index in [1.54, 1.807) is 0 Å². The van der Waals surface area contributed by atoms with E-state index in [-0.39, 0.29) is 0 Å². The third-order valence-corrected chi connectivity index (χ3v) is 6.73. The predicted octanol–water partition coefficient (Wildman–Crippen LogP) is 4.72. The Morgan fingerprint density at radius 1 is 0.647 bits per heavy atom. The minimum absolute atomic E-state index is 0.334. The van der Waals surface area contributed by atoms with E-state index in [0.717, 1.165) is 60.1 Å². The molecule has 2 saturated heterocycles. The zero-order chi connectivity index (χ0) is 22.7. The van der Waals surface area contributed by atoms with Gasteiger partial charge in [0.05, 0.1) is 30.2 Å². The second kappa shape index (κ2) is 9.30. The molecule has 4 N–H and O–H groups in total. The molecule has 2 aliphatic heterocycles. The molecule has 34 heavy (non-hydrogen) atoms. The highest BCUT2D eigenvalue weighted by Crippen LogP contribution is 2.27. The van der Waals surface area contributed by atoms with Gasteiger partial charge in [0.1, 0.15) is 17.3 Å². The highest BCUT2D eigenvalue weighted by atomic mass is 15.0. The van der Waals surface area contributed by atoms with Crippen LogP contribution < -0.4 is 10.6 Å². The lowest BCUT2D eigenvalue weighted by Crippen LogP contribution is -2.14. The molecule has 6 heteroatoms. The average molecular weight is 449 g/mol. The molecule has 0 spiro atoms. The highest BCUT2D eigenvalue weighted by molar-refractivity contribution is 5.69. The van der Waals surface area contributed by atoms with E-state index in [1.165, 1.54) is 24.0 Å². The van der Waals surface area contributed by atoms with Gasteiger partial charge in [-0.2, -0.15) is 0 Å². The SMILES string of the molecule is C(#Cc1cnc(C2CCCN2)[nH]1)c1ccc(-c2ccc(-c3cnc(C4CCCN4)[nH]3)cc2)cc1. The molecule has 0 amide bonds. The minimum Gasteiger partial charge on any atom is -0.341 e. The summed E-state index contributed by atoms with van der Waals surface area (Å²) < 4.78 is 0. The predicted molar refractivity (Wildman–Crippen MR) is 134 cm³/mol. The summed E-state index contributed by atoms with van der Waals surface area (Å²) in [5, 5.41) is 6.95. The molecule has 0 aliphatic carbocycles. The van der Waals surface area contributed by atoms with Crippen LogP contribution in [0.15, 0.2) is 60.9 Å². The van der Waals surface area contributed by atoms with Gasteiger partial charge in [0.15, 0.2) is 0 Å². The molecule has 0 saturated carbocycles. The first kappa shape index (κ1) is 20.9. The number of rotatable bonds is 4. The van der Waals surface area contributed by atoms with Gasteiger partial charge >= 0.3 is 0 Å². The third-order valence-electron chi connectivity index (χ3n) is 6.73. The summed E-state index contributed by atoms with van der Waals surface area (Å²) in [6, 6.07) is 17.7. The van der Waals surface area contributed by atoms with Crippen LogP contribution in [0.25, 0.3) is 22.4 Å². The van der Waals surface area contributed by atoms with Crippen molar-refractivity contribution in [3.8, 4) is 34.2 Å². The molecule has 2 fully saturated rings. The molecule has 6 nitrogen and oxygen atoms in total. The largest absolute Gasteiger partial charge is 0.341 e. The normalized spacial score (nSPS) is 19.8. The summed E-state index contributed by atoms with van der Waals surface area (Å²) in [5.41, 5.74) is 6.41. The van der Waals surface area contributed by atoms with E-state index >= 15 is 0 Å². The third kappa shape index (κ3) is 4.41. The number of nitrogens with one attached hydrogen (secondary N) is 4. The average Bonchev–Trinajstić information content (AvgIpc) is 3.70. The number of hydrogen-bond donors (Lipinski definition) is 4. The lowest BCUT2D eigenvalue weighted by Gasteiger charge is -2.06. The number of benzene rings is 2.